The minimum atomic E-state index is -0.230. The van der Waals surface area contributed by atoms with Gasteiger partial charge in [0, 0.05) is 20.2 Å². The van der Waals surface area contributed by atoms with E-state index in [-0.39, 0.29) is 18.0 Å². The van der Waals surface area contributed by atoms with Crippen molar-refractivity contribution in [2.24, 2.45) is 0 Å². The van der Waals surface area contributed by atoms with E-state index in [4.69, 9.17) is 4.74 Å². The van der Waals surface area contributed by atoms with Crippen molar-refractivity contribution < 1.29 is 9.13 Å². The third-order valence-electron chi connectivity index (χ3n) is 3.59. The number of hydrogen-bond acceptors (Lipinski definition) is 3. The quantitative estimate of drug-likeness (QED) is 0.916. The smallest absolute Gasteiger partial charge is 0.123 e. The van der Waals surface area contributed by atoms with Gasteiger partial charge in [-0.25, -0.2) is 9.37 Å². The van der Waals surface area contributed by atoms with E-state index in [0.717, 1.165) is 24.3 Å². The average Bonchev–Trinajstić information content (AvgIpc) is 3.07. The Kier molecular flexibility index (Phi) is 3.31. The molecule has 1 aromatic carbocycles. The van der Waals surface area contributed by atoms with Crippen LogP contribution in [0.4, 0.5) is 4.39 Å². The molecule has 4 nitrogen and oxygen atoms in total. The van der Waals surface area contributed by atoms with Crippen LogP contribution in [0.2, 0.25) is 0 Å². The minimum Gasteiger partial charge on any atom is -0.378 e. The highest BCUT2D eigenvalue weighted by Crippen LogP contribution is 2.26. The molecule has 0 aliphatic carbocycles. The van der Waals surface area contributed by atoms with E-state index in [1.54, 1.807) is 25.4 Å². The molecule has 100 valence electrons. The number of nitrogens with one attached hydrogen (secondary N) is 1. The number of benzene rings is 1. The molecule has 2 aromatic rings. The van der Waals surface area contributed by atoms with Gasteiger partial charge >= 0.3 is 0 Å². The van der Waals surface area contributed by atoms with Gasteiger partial charge in [-0.2, -0.15) is 0 Å². The summed E-state index contributed by atoms with van der Waals surface area (Å²) in [5, 5.41) is 3.32. The van der Waals surface area contributed by atoms with Crippen LogP contribution in [0.1, 0.15) is 6.04 Å². The first-order valence-corrected chi connectivity index (χ1v) is 6.31. The van der Waals surface area contributed by atoms with Gasteiger partial charge in [0.1, 0.15) is 5.82 Å². The number of aromatic nitrogens is 2. The molecule has 0 spiro atoms. The van der Waals surface area contributed by atoms with Gasteiger partial charge < -0.3 is 14.6 Å². The van der Waals surface area contributed by atoms with E-state index in [0.29, 0.717) is 0 Å². The van der Waals surface area contributed by atoms with Crippen molar-refractivity contribution in [1.29, 1.82) is 0 Å². The van der Waals surface area contributed by atoms with Gasteiger partial charge in [0.25, 0.3) is 0 Å². The number of nitrogens with zero attached hydrogens (tertiary/aromatic N) is 2. The summed E-state index contributed by atoms with van der Waals surface area (Å²) in [5.74, 6) is -0.230. The van der Waals surface area contributed by atoms with Crippen LogP contribution in [0.15, 0.2) is 36.8 Å². The van der Waals surface area contributed by atoms with Gasteiger partial charge in [-0.3, -0.25) is 0 Å². The highest BCUT2D eigenvalue weighted by Gasteiger charge is 2.29. The van der Waals surface area contributed by atoms with Crippen molar-refractivity contribution in [2.75, 3.05) is 20.2 Å². The summed E-state index contributed by atoms with van der Waals surface area (Å²) >= 11 is 0. The Hall–Kier alpha value is -1.72. The van der Waals surface area contributed by atoms with E-state index in [2.05, 4.69) is 14.9 Å². The topological polar surface area (TPSA) is 39.1 Å². The first-order valence-electron chi connectivity index (χ1n) is 6.31. The van der Waals surface area contributed by atoms with Gasteiger partial charge in [0.05, 0.1) is 30.4 Å². The van der Waals surface area contributed by atoms with Crippen LogP contribution in [-0.2, 0) is 4.74 Å². The largest absolute Gasteiger partial charge is 0.378 e. The Morgan fingerprint density at radius 1 is 1.32 bits per heavy atom. The third-order valence-corrected chi connectivity index (χ3v) is 3.59. The van der Waals surface area contributed by atoms with Crippen molar-refractivity contribution in [3.63, 3.8) is 0 Å². The van der Waals surface area contributed by atoms with Crippen LogP contribution in [0.25, 0.3) is 11.3 Å². The molecule has 5 heteroatoms. The Balaban J connectivity index is 1.96. The first kappa shape index (κ1) is 12.3. The second-order valence-electron chi connectivity index (χ2n) is 4.69. The predicted octanol–water partition coefficient (Wildman–Crippen LogP) is 1.85. The number of methoxy groups -OCH3 is 1. The molecule has 1 saturated heterocycles. The zero-order valence-electron chi connectivity index (χ0n) is 10.7. The summed E-state index contributed by atoms with van der Waals surface area (Å²) in [4.78, 5) is 4.22. The van der Waals surface area contributed by atoms with Crippen molar-refractivity contribution in [2.45, 2.75) is 12.1 Å². The second-order valence-corrected chi connectivity index (χ2v) is 4.69. The molecular formula is C14H16FN3O. The average molecular weight is 261 g/mol. The lowest BCUT2D eigenvalue weighted by Gasteiger charge is -2.21. The number of rotatable bonds is 3. The summed E-state index contributed by atoms with van der Waals surface area (Å²) < 4.78 is 20.6. The Morgan fingerprint density at radius 3 is 2.84 bits per heavy atom. The van der Waals surface area contributed by atoms with Gasteiger partial charge in [-0.1, -0.05) is 0 Å². The molecule has 1 N–H and O–H groups in total. The molecule has 2 heterocycles. The highest BCUT2D eigenvalue weighted by molar-refractivity contribution is 5.59. The maximum atomic E-state index is 13.0. The predicted molar refractivity (Wildman–Crippen MR) is 70.3 cm³/mol. The number of imidazole rings is 1. The van der Waals surface area contributed by atoms with Gasteiger partial charge in [0.15, 0.2) is 0 Å². The zero-order chi connectivity index (χ0) is 13.2. The summed E-state index contributed by atoms with van der Waals surface area (Å²) in [5.41, 5.74) is 1.94. The monoisotopic (exact) mass is 261 g/mol. The normalized spacial score (nSPS) is 22.8. The van der Waals surface area contributed by atoms with Crippen LogP contribution in [0.5, 0.6) is 0 Å². The summed E-state index contributed by atoms with van der Waals surface area (Å²) in [6.07, 6.45) is 3.74. The lowest BCUT2D eigenvalue weighted by Crippen LogP contribution is -2.24. The van der Waals surface area contributed by atoms with Gasteiger partial charge in [-0.15, -0.1) is 0 Å². The first-order chi connectivity index (χ1) is 9.29. The van der Waals surface area contributed by atoms with Crippen LogP contribution in [0, 0.1) is 5.82 Å². The summed E-state index contributed by atoms with van der Waals surface area (Å²) in [7, 11) is 1.72. The number of hydrogen-bond donors (Lipinski definition) is 1. The highest BCUT2D eigenvalue weighted by atomic mass is 19.1. The van der Waals surface area contributed by atoms with E-state index in [1.807, 2.05) is 6.33 Å². The molecule has 1 aliphatic rings. The van der Waals surface area contributed by atoms with E-state index in [1.165, 1.54) is 12.1 Å². The summed E-state index contributed by atoms with van der Waals surface area (Å²) in [6.45, 7) is 1.69. The fraction of sp³-hybridized carbons (Fsp3) is 0.357. The summed E-state index contributed by atoms with van der Waals surface area (Å²) in [6, 6.07) is 6.69. The van der Waals surface area contributed by atoms with E-state index in [9.17, 15) is 4.39 Å². The maximum absolute atomic E-state index is 13.0. The standard InChI is InChI=1S/C14H16FN3O/c1-19-14-8-16-7-13(14)18-9-17-6-12(18)10-2-4-11(15)5-3-10/h2-6,9,13-14,16H,7-8H2,1H3/t13?,14-/m0/s1. The third kappa shape index (κ3) is 2.27. The molecule has 0 amide bonds. The number of ether oxygens (including phenoxy) is 1. The van der Waals surface area contributed by atoms with Crippen LogP contribution >= 0.6 is 0 Å². The van der Waals surface area contributed by atoms with Gasteiger partial charge in [-0.05, 0) is 29.8 Å². The van der Waals surface area contributed by atoms with Crippen LogP contribution < -0.4 is 5.32 Å². The lowest BCUT2D eigenvalue weighted by atomic mass is 10.1. The molecule has 2 atom stereocenters. The fourth-order valence-electron chi connectivity index (χ4n) is 2.57. The fourth-order valence-corrected chi connectivity index (χ4v) is 2.57. The van der Waals surface area contributed by atoms with E-state index < -0.39 is 0 Å². The Bertz CT molecular complexity index is 552. The van der Waals surface area contributed by atoms with Crippen LogP contribution in [-0.4, -0.2) is 35.9 Å². The molecule has 1 fully saturated rings. The molecule has 1 aromatic heterocycles. The lowest BCUT2D eigenvalue weighted by molar-refractivity contribution is 0.0870. The SMILES string of the molecule is CO[C@H]1CNCC1n1cncc1-c1ccc(F)cc1. The Morgan fingerprint density at radius 2 is 2.11 bits per heavy atom. The van der Waals surface area contributed by atoms with Crippen molar-refractivity contribution in [3.8, 4) is 11.3 Å². The molecule has 3 rings (SSSR count). The van der Waals surface area contributed by atoms with Crippen molar-refractivity contribution in [1.82, 2.24) is 14.9 Å². The molecule has 1 unspecified atom stereocenters. The molecular weight excluding hydrogens is 245 g/mol. The van der Waals surface area contributed by atoms with E-state index >= 15 is 0 Å². The zero-order valence-corrected chi connectivity index (χ0v) is 10.7. The molecule has 0 saturated carbocycles. The molecule has 19 heavy (non-hydrogen) atoms. The minimum absolute atomic E-state index is 0.133. The molecule has 0 bridgehead atoms. The second kappa shape index (κ2) is 5.11. The Labute approximate surface area is 111 Å². The van der Waals surface area contributed by atoms with Gasteiger partial charge in [0.2, 0.25) is 0 Å². The maximum Gasteiger partial charge on any atom is 0.123 e. The molecule has 0 radical (unpaired) electrons. The van der Waals surface area contributed by atoms with Crippen LogP contribution in [0.3, 0.4) is 0 Å². The van der Waals surface area contributed by atoms with Crippen molar-refractivity contribution >= 4 is 0 Å². The number of halogens is 1. The molecule has 1 aliphatic heterocycles. The van der Waals surface area contributed by atoms with Crippen molar-refractivity contribution in [3.05, 3.63) is 42.6 Å².